The molecule has 0 aliphatic carbocycles. The highest BCUT2D eigenvalue weighted by Crippen LogP contribution is 2.45. The number of carbonyl (C=O) groups is 4. The molecular weight excluding hydrogens is 1330 g/mol. The maximum Gasteiger partial charge on any atom is 0.472 e. The van der Waals surface area contributed by atoms with Crippen LogP contribution < -0.4 is 0 Å². The molecular formula is C83H144O17P2. The number of phosphoric ester groups is 2. The van der Waals surface area contributed by atoms with Crippen LogP contribution in [0, 0.1) is 0 Å². The normalized spacial score (nSPS) is 14.5. The quantitative estimate of drug-likeness (QED) is 0.0169. The van der Waals surface area contributed by atoms with Gasteiger partial charge in [0.05, 0.1) is 26.4 Å². The van der Waals surface area contributed by atoms with Gasteiger partial charge in [-0.1, -0.05) is 291 Å². The van der Waals surface area contributed by atoms with Gasteiger partial charge in [0.25, 0.3) is 0 Å². The lowest BCUT2D eigenvalue weighted by atomic mass is 10.1. The van der Waals surface area contributed by atoms with E-state index >= 15 is 0 Å². The zero-order valence-corrected chi connectivity index (χ0v) is 66.0. The largest absolute Gasteiger partial charge is 0.472 e. The summed E-state index contributed by atoms with van der Waals surface area (Å²) >= 11 is 0. The van der Waals surface area contributed by atoms with Crippen molar-refractivity contribution in [2.75, 3.05) is 39.6 Å². The average molecular weight is 1480 g/mol. The van der Waals surface area contributed by atoms with Crippen LogP contribution in [0.15, 0.2) is 109 Å². The van der Waals surface area contributed by atoms with Crippen LogP contribution in [0.4, 0.5) is 0 Å². The zero-order chi connectivity index (χ0) is 74.6. The maximum atomic E-state index is 13.1. The number of allylic oxidation sites excluding steroid dienone is 18. The van der Waals surface area contributed by atoms with E-state index in [2.05, 4.69) is 125 Å². The molecule has 0 aliphatic rings. The van der Waals surface area contributed by atoms with Crippen molar-refractivity contribution in [1.82, 2.24) is 0 Å². The van der Waals surface area contributed by atoms with Crippen LogP contribution in [-0.2, 0) is 65.4 Å². The summed E-state index contributed by atoms with van der Waals surface area (Å²) in [4.78, 5) is 72.9. The topological polar surface area (TPSA) is 237 Å². The van der Waals surface area contributed by atoms with Crippen molar-refractivity contribution in [3.05, 3.63) is 109 Å². The fourth-order valence-electron chi connectivity index (χ4n) is 10.6. The van der Waals surface area contributed by atoms with Gasteiger partial charge in [-0.2, -0.15) is 0 Å². The fourth-order valence-corrected chi connectivity index (χ4v) is 12.2. The average Bonchev–Trinajstić information content (AvgIpc) is 0.926. The predicted molar refractivity (Wildman–Crippen MR) is 418 cm³/mol. The molecule has 0 rings (SSSR count). The van der Waals surface area contributed by atoms with Crippen LogP contribution >= 0.6 is 15.6 Å². The Morgan fingerprint density at radius 2 is 0.520 bits per heavy atom. The number of aliphatic hydroxyl groups is 1. The molecule has 19 heteroatoms. The first kappa shape index (κ1) is 97.7. The van der Waals surface area contributed by atoms with E-state index < -0.39 is 97.5 Å². The molecule has 17 nitrogen and oxygen atoms in total. The van der Waals surface area contributed by atoms with Crippen molar-refractivity contribution in [2.45, 2.75) is 354 Å². The predicted octanol–water partition coefficient (Wildman–Crippen LogP) is 23.3. The van der Waals surface area contributed by atoms with Gasteiger partial charge in [-0.15, -0.1) is 0 Å². The second kappa shape index (κ2) is 75.0. The number of unbranched alkanes of at least 4 members (excludes halogenated alkanes) is 31. The minimum absolute atomic E-state index is 0.0811. The van der Waals surface area contributed by atoms with Gasteiger partial charge in [0, 0.05) is 25.7 Å². The van der Waals surface area contributed by atoms with E-state index in [1.165, 1.54) is 96.3 Å². The minimum atomic E-state index is -4.99. The molecule has 3 N–H and O–H groups in total. The summed E-state index contributed by atoms with van der Waals surface area (Å²) in [5.41, 5.74) is 0. The van der Waals surface area contributed by atoms with Crippen LogP contribution in [-0.4, -0.2) is 96.7 Å². The standard InChI is InChI=1S/C83H144O17P2/c1-5-9-13-17-21-25-29-32-35-37-38-40-43-45-49-52-56-60-64-68-81(86)94-74-79(100-83(88)70-66-62-58-54-50-46-41-34-31-27-23-19-15-11-7-3)76-98-102(91,92)96-72-77(84)71-95-101(89,90)97-75-78(99-82(87)69-65-61-57-53-47-28-24-20-16-12-8-4)73-93-80(85)67-63-59-55-51-48-44-42-39-36-33-30-26-22-18-14-10-6-2/h10,14,21-22,25-26,32-36,38,40-42,44,51,55,77-79,84H,5-9,11-13,15-20,23-24,27-31,37,39,43,45-50,52-54,56-76H2,1-4H3,(H,89,90)(H,91,92)/b14-10-,25-21-,26-22-,35-32-,36-33-,40-38-,41-34-,44-42-,55-51-. The smallest absolute Gasteiger partial charge is 0.462 e. The van der Waals surface area contributed by atoms with Gasteiger partial charge in [-0.25, -0.2) is 9.13 Å². The molecule has 0 aromatic heterocycles. The fraction of sp³-hybridized carbons (Fsp3) is 0.735. The van der Waals surface area contributed by atoms with E-state index in [1.807, 2.05) is 12.2 Å². The number of rotatable bonds is 75. The molecule has 0 heterocycles. The van der Waals surface area contributed by atoms with Crippen molar-refractivity contribution in [3.8, 4) is 0 Å². The van der Waals surface area contributed by atoms with Gasteiger partial charge >= 0.3 is 39.5 Å². The highest BCUT2D eigenvalue weighted by atomic mass is 31.2. The van der Waals surface area contributed by atoms with Crippen LogP contribution in [0.25, 0.3) is 0 Å². The molecule has 0 radical (unpaired) electrons. The molecule has 0 amide bonds. The Morgan fingerprint density at radius 1 is 0.284 bits per heavy atom. The van der Waals surface area contributed by atoms with Crippen molar-refractivity contribution in [3.63, 3.8) is 0 Å². The van der Waals surface area contributed by atoms with Gasteiger partial charge in [0.1, 0.15) is 19.3 Å². The van der Waals surface area contributed by atoms with Crippen molar-refractivity contribution in [1.29, 1.82) is 0 Å². The number of hydrogen-bond acceptors (Lipinski definition) is 15. The summed E-state index contributed by atoms with van der Waals surface area (Å²) in [6.07, 6.45) is 80.8. The lowest BCUT2D eigenvalue weighted by molar-refractivity contribution is -0.161. The lowest BCUT2D eigenvalue weighted by Gasteiger charge is -2.21. The van der Waals surface area contributed by atoms with Crippen molar-refractivity contribution in [2.24, 2.45) is 0 Å². The van der Waals surface area contributed by atoms with Crippen LogP contribution in [0.2, 0.25) is 0 Å². The first-order chi connectivity index (χ1) is 49.7. The molecule has 0 saturated carbocycles. The number of aliphatic hydroxyl groups excluding tert-OH is 1. The highest BCUT2D eigenvalue weighted by Gasteiger charge is 2.30. The van der Waals surface area contributed by atoms with E-state index in [0.29, 0.717) is 32.1 Å². The number of hydrogen-bond donors (Lipinski definition) is 3. The first-order valence-electron chi connectivity index (χ1n) is 40.1. The Hall–Kier alpha value is -4.28. The minimum Gasteiger partial charge on any atom is -0.462 e. The molecule has 0 aliphatic heterocycles. The Bertz CT molecular complexity index is 2360. The Morgan fingerprint density at radius 3 is 0.853 bits per heavy atom. The summed E-state index contributed by atoms with van der Waals surface area (Å²) in [5, 5.41) is 10.6. The number of esters is 4. The van der Waals surface area contributed by atoms with Crippen LogP contribution in [0.5, 0.6) is 0 Å². The SMILES string of the molecule is CC/C=C\C/C=C\C/C=C\C/C=C\C/C=C\CCCC(=O)OCC(COP(=O)(O)OCC(O)COP(=O)(O)OCC(COC(=O)CCCCCCCC/C=C\C/C=C\C/C=C\CCCCC)OC(=O)CCCCCCC/C=C\CCCCCCCC)OC(=O)CCCCCCCCCCCCC. The van der Waals surface area contributed by atoms with E-state index in [0.717, 1.165) is 154 Å². The molecule has 0 aromatic carbocycles. The molecule has 0 bridgehead atoms. The molecule has 0 saturated heterocycles. The van der Waals surface area contributed by atoms with Gasteiger partial charge < -0.3 is 33.8 Å². The third kappa shape index (κ3) is 74.0. The second-order valence-electron chi connectivity index (χ2n) is 26.6. The Balaban J connectivity index is 5.37. The third-order valence-electron chi connectivity index (χ3n) is 16.7. The summed E-state index contributed by atoms with van der Waals surface area (Å²) in [5.74, 6) is -2.25. The van der Waals surface area contributed by atoms with Gasteiger partial charge in [-0.3, -0.25) is 37.3 Å². The van der Waals surface area contributed by atoms with E-state index in [9.17, 15) is 43.2 Å². The highest BCUT2D eigenvalue weighted by molar-refractivity contribution is 7.47. The molecule has 5 unspecified atom stereocenters. The van der Waals surface area contributed by atoms with Crippen molar-refractivity contribution < 1.29 is 80.2 Å². The summed E-state index contributed by atoms with van der Waals surface area (Å²) in [6, 6.07) is 0. The summed E-state index contributed by atoms with van der Waals surface area (Å²) in [7, 11) is -9.97. The molecule has 0 aromatic rings. The lowest BCUT2D eigenvalue weighted by Crippen LogP contribution is -2.30. The van der Waals surface area contributed by atoms with E-state index in [-0.39, 0.29) is 25.7 Å². The molecule has 0 spiro atoms. The third-order valence-corrected chi connectivity index (χ3v) is 18.6. The number of ether oxygens (including phenoxy) is 4. The zero-order valence-electron chi connectivity index (χ0n) is 64.3. The van der Waals surface area contributed by atoms with Gasteiger partial charge in [0.2, 0.25) is 0 Å². The van der Waals surface area contributed by atoms with Gasteiger partial charge in [-0.05, 0) is 128 Å². The van der Waals surface area contributed by atoms with E-state index in [1.54, 1.807) is 0 Å². The Labute approximate surface area is 619 Å². The monoisotopic (exact) mass is 1470 g/mol. The Kier molecular flexibility index (Phi) is 71.8. The second-order valence-corrected chi connectivity index (χ2v) is 29.5. The molecule has 588 valence electrons. The van der Waals surface area contributed by atoms with Crippen LogP contribution in [0.1, 0.15) is 336 Å². The first-order valence-corrected chi connectivity index (χ1v) is 43.1. The summed E-state index contributed by atoms with van der Waals surface area (Å²) in [6.45, 7) is 4.66. The molecule has 5 atom stereocenters. The van der Waals surface area contributed by atoms with Gasteiger partial charge in [0.15, 0.2) is 12.2 Å². The van der Waals surface area contributed by atoms with E-state index in [4.69, 9.17) is 37.0 Å². The number of phosphoric acid groups is 2. The van der Waals surface area contributed by atoms with Crippen molar-refractivity contribution >= 4 is 39.5 Å². The van der Waals surface area contributed by atoms with Crippen LogP contribution in [0.3, 0.4) is 0 Å². The maximum absolute atomic E-state index is 13.1. The number of carbonyl (C=O) groups excluding carboxylic acids is 4. The molecule has 0 fully saturated rings. The summed E-state index contributed by atoms with van der Waals surface area (Å²) < 4.78 is 68.5. The molecule has 102 heavy (non-hydrogen) atoms.